The van der Waals surface area contributed by atoms with E-state index in [4.69, 9.17) is 0 Å². The molecule has 0 atom stereocenters. The SMILES string of the molecule is Cc1cc(C(=O)Nc2ccc(F)cc2)c(C)n1-c1ccc(F)cc1. The van der Waals surface area contributed by atoms with Gasteiger partial charge in [-0.2, -0.15) is 0 Å². The van der Waals surface area contributed by atoms with Crippen molar-refractivity contribution >= 4 is 11.6 Å². The molecule has 0 saturated heterocycles. The van der Waals surface area contributed by atoms with Gasteiger partial charge in [0.1, 0.15) is 11.6 Å². The van der Waals surface area contributed by atoms with Gasteiger partial charge in [0, 0.05) is 22.8 Å². The van der Waals surface area contributed by atoms with E-state index >= 15 is 0 Å². The number of hydrogen-bond donors (Lipinski definition) is 1. The van der Waals surface area contributed by atoms with E-state index in [2.05, 4.69) is 5.32 Å². The summed E-state index contributed by atoms with van der Waals surface area (Å²) in [5.41, 5.74) is 3.43. The largest absolute Gasteiger partial charge is 0.322 e. The molecule has 2 aromatic carbocycles. The molecule has 122 valence electrons. The van der Waals surface area contributed by atoms with Gasteiger partial charge in [0.2, 0.25) is 0 Å². The summed E-state index contributed by atoms with van der Waals surface area (Å²) < 4.78 is 27.9. The van der Waals surface area contributed by atoms with Gasteiger partial charge in [-0.1, -0.05) is 0 Å². The molecule has 0 aliphatic carbocycles. The second-order valence-corrected chi connectivity index (χ2v) is 5.56. The van der Waals surface area contributed by atoms with Gasteiger partial charge in [0.05, 0.1) is 5.56 Å². The second kappa shape index (κ2) is 6.28. The van der Waals surface area contributed by atoms with Crippen LogP contribution in [0.25, 0.3) is 5.69 Å². The highest BCUT2D eigenvalue weighted by molar-refractivity contribution is 6.05. The Morgan fingerprint density at radius 1 is 0.917 bits per heavy atom. The van der Waals surface area contributed by atoms with Gasteiger partial charge < -0.3 is 9.88 Å². The number of anilines is 1. The van der Waals surface area contributed by atoms with Crippen LogP contribution in [0.1, 0.15) is 21.7 Å². The summed E-state index contributed by atoms with van der Waals surface area (Å²) in [4.78, 5) is 12.5. The number of aryl methyl sites for hydroxylation is 1. The molecular formula is C19H16F2N2O. The molecule has 0 aliphatic heterocycles. The highest BCUT2D eigenvalue weighted by Gasteiger charge is 2.17. The zero-order valence-corrected chi connectivity index (χ0v) is 13.3. The summed E-state index contributed by atoms with van der Waals surface area (Å²) in [6, 6.07) is 13.5. The van der Waals surface area contributed by atoms with Crippen LogP contribution in [-0.2, 0) is 0 Å². The van der Waals surface area contributed by atoms with E-state index in [1.165, 1.54) is 36.4 Å². The molecule has 3 nitrogen and oxygen atoms in total. The van der Waals surface area contributed by atoms with Crippen molar-refractivity contribution in [3.63, 3.8) is 0 Å². The first-order valence-electron chi connectivity index (χ1n) is 7.47. The molecule has 5 heteroatoms. The number of rotatable bonds is 3. The van der Waals surface area contributed by atoms with Crippen LogP contribution in [-0.4, -0.2) is 10.5 Å². The highest BCUT2D eigenvalue weighted by Crippen LogP contribution is 2.22. The number of carbonyl (C=O) groups is 1. The fourth-order valence-corrected chi connectivity index (χ4v) is 2.71. The number of nitrogens with zero attached hydrogens (tertiary/aromatic N) is 1. The quantitative estimate of drug-likeness (QED) is 0.748. The number of amides is 1. The van der Waals surface area contributed by atoms with Crippen molar-refractivity contribution < 1.29 is 13.6 Å². The molecule has 0 bridgehead atoms. The lowest BCUT2D eigenvalue weighted by atomic mass is 10.2. The van der Waals surface area contributed by atoms with Crippen molar-refractivity contribution in [2.45, 2.75) is 13.8 Å². The van der Waals surface area contributed by atoms with E-state index in [0.29, 0.717) is 11.3 Å². The van der Waals surface area contributed by atoms with Gasteiger partial charge in [0.15, 0.2) is 0 Å². The molecule has 1 aromatic heterocycles. The number of hydrogen-bond acceptors (Lipinski definition) is 1. The number of nitrogens with one attached hydrogen (secondary N) is 1. The minimum absolute atomic E-state index is 0.275. The Morgan fingerprint density at radius 3 is 2.04 bits per heavy atom. The van der Waals surface area contributed by atoms with E-state index in [0.717, 1.165) is 17.1 Å². The third-order valence-corrected chi connectivity index (χ3v) is 3.86. The summed E-state index contributed by atoms with van der Waals surface area (Å²) in [5, 5.41) is 2.75. The first kappa shape index (κ1) is 15.9. The van der Waals surface area contributed by atoms with Crippen LogP contribution in [0.2, 0.25) is 0 Å². The van der Waals surface area contributed by atoms with Crippen LogP contribution in [0.4, 0.5) is 14.5 Å². The molecule has 24 heavy (non-hydrogen) atoms. The molecule has 3 rings (SSSR count). The fourth-order valence-electron chi connectivity index (χ4n) is 2.71. The third kappa shape index (κ3) is 3.06. The normalized spacial score (nSPS) is 10.7. The summed E-state index contributed by atoms with van der Waals surface area (Å²) in [7, 11) is 0. The standard InChI is InChI=1S/C19H16F2N2O/c1-12-11-18(19(24)22-16-7-3-14(20)4-8-16)13(2)23(12)17-9-5-15(21)6-10-17/h3-11H,1-2H3,(H,22,24). The van der Waals surface area contributed by atoms with Gasteiger partial charge in [-0.3, -0.25) is 4.79 Å². The van der Waals surface area contributed by atoms with Crippen LogP contribution < -0.4 is 5.32 Å². The monoisotopic (exact) mass is 326 g/mol. The maximum Gasteiger partial charge on any atom is 0.257 e. The molecule has 0 fully saturated rings. The van der Waals surface area contributed by atoms with Crippen molar-refractivity contribution in [2.75, 3.05) is 5.32 Å². The molecule has 0 aliphatic rings. The lowest BCUT2D eigenvalue weighted by Gasteiger charge is -2.10. The second-order valence-electron chi connectivity index (χ2n) is 5.56. The first-order valence-corrected chi connectivity index (χ1v) is 7.47. The molecule has 1 N–H and O–H groups in total. The number of benzene rings is 2. The molecule has 3 aromatic rings. The smallest absolute Gasteiger partial charge is 0.257 e. The average Bonchev–Trinajstić information content (AvgIpc) is 2.85. The number of halogens is 2. The zero-order valence-electron chi connectivity index (χ0n) is 13.3. The minimum atomic E-state index is -0.359. The van der Waals surface area contributed by atoms with Gasteiger partial charge in [-0.05, 0) is 68.4 Å². The van der Waals surface area contributed by atoms with Gasteiger partial charge in [0.25, 0.3) is 5.91 Å². The van der Waals surface area contributed by atoms with Crippen LogP contribution in [0.5, 0.6) is 0 Å². The first-order chi connectivity index (χ1) is 11.5. The maximum atomic E-state index is 13.1. The molecule has 0 unspecified atom stereocenters. The van der Waals surface area contributed by atoms with E-state index in [1.807, 2.05) is 18.4 Å². The summed E-state index contributed by atoms with van der Waals surface area (Å²) in [6.45, 7) is 3.71. The van der Waals surface area contributed by atoms with Crippen molar-refractivity contribution in [1.29, 1.82) is 0 Å². The zero-order chi connectivity index (χ0) is 17.3. The summed E-state index contributed by atoms with van der Waals surface area (Å²) in [6.07, 6.45) is 0. The average molecular weight is 326 g/mol. The molecule has 0 radical (unpaired) electrons. The minimum Gasteiger partial charge on any atom is -0.322 e. The Balaban J connectivity index is 1.92. The van der Waals surface area contributed by atoms with Crippen molar-refractivity contribution in [1.82, 2.24) is 4.57 Å². The Morgan fingerprint density at radius 2 is 1.46 bits per heavy atom. The summed E-state index contributed by atoms with van der Waals surface area (Å²) in [5.74, 6) is -0.943. The Labute approximate surface area is 138 Å². The number of carbonyl (C=O) groups excluding carboxylic acids is 1. The molecule has 1 amide bonds. The fraction of sp³-hybridized carbons (Fsp3) is 0.105. The van der Waals surface area contributed by atoms with Crippen molar-refractivity contribution in [3.8, 4) is 5.69 Å². The van der Waals surface area contributed by atoms with Crippen molar-refractivity contribution in [3.05, 3.63) is 83.2 Å². The lowest BCUT2D eigenvalue weighted by Crippen LogP contribution is -2.13. The molecule has 0 spiro atoms. The molecule has 0 saturated carbocycles. The predicted octanol–water partition coefficient (Wildman–Crippen LogP) is 4.62. The van der Waals surface area contributed by atoms with Gasteiger partial charge in [-0.15, -0.1) is 0 Å². The molecule has 1 heterocycles. The maximum absolute atomic E-state index is 13.1. The topological polar surface area (TPSA) is 34.0 Å². The third-order valence-electron chi connectivity index (χ3n) is 3.86. The Kier molecular flexibility index (Phi) is 4.16. The van der Waals surface area contributed by atoms with E-state index in [1.54, 1.807) is 18.2 Å². The summed E-state index contributed by atoms with van der Waals surface area (Å²) >= 11 is 0. The molecular weight excluding hydrogens is 310 g/mol. The van der Waals surface area contributed by atoms with Crippen molar-refractivity contribution in [2.24, 2.45) is 0 Å². The number of aromatic nitrogens is 1. The van der Waals surface area contributed by atoms with Crippen LogP contribution in [0.3, 0.4) is 0 Å². The lowest BCUT2D eigenvalue weighted by molar-refractivity contribution is 0.102. The van der Waals surface area contributed by atoms with E-state index in [-0.39, 0.29) is 17.5 Å². The van der Waals surface area contributed by atoms with E-state index < -0.39 is 0 Å². The van der Waals surface area contributed by atoms with Gasteiger partial charge >= 0.3 is 0 Å². The van der Waals surface area contributed by atoms with Crippen LogP contribution in [0, 0.1) is 25.5 Å². The van der Waals surface area contributed by atoms with Crippen LogP contribution >= 0.6 is 0 Å². The Bertz CT molecular complexity index is 881. The predicted molar refractivity (Wildman–Crippen MR) is 89.6 cm³/mol. The van der Waals surface area contributed by atoms with E-state index in [9.17, 15) is 13.6 Å². The Hall–Kier alpha value is -2.95. The van der Waals surface area contributed by atoms with Gasteiger partial charge in [-0.25, -0.2) is 8.78 Å². The highest BCUT2D eigenvalue weighted by atomic mass is 19.1. The van der Waals surface area contributed by atoms with Crippen LogP contribution in [0.15, 0.2) is 54.6 Å².